The predicted octanol–water partition coefficient (Wildman–Crippen LogP) is 1.37. The molecule has 1 aliphatic rings. The molecule has 0 bridgehead atoms. The third-order valence-electron chi connectivity index (χ3n) is 2.86. The Kier molecular flexibility index (Phi) is 3.84. The second-order valence-corrected chi connectivity index (χ2v) is 4.14. The number of fused-ring (bicyclic) bond motifs is 1. The number of hydrogen-bond donors (Lipinski definition) is 2. The number of nitrogen functional groups attached to an aromatic ring is 1. The number of benzene rings is 1. The van der Waals surface area contributed by atoms with Gasteiger partial charge in [0.25, 0.3) is 5.88 Å². The Bertz CT molecular complexity index is 543. The molecule has 0 aliphatic carbocycles. The van der Waals surface area contributed by atoms with Crippen molar-refractivity contribution in [2.45, 2.75) is 12.5 Å². The maximum Gasteiger partial charge on any atom is 0.258 e. The number of aromatic nitrogens is 2. The minimum absolute atomic E-state index is 0. The van der Waals surface area contributed by atoms with Gasteiger partial charge in [-0.3, -0.25) is 0 Å². The topological polar surface area (TPSA) is 73.1 Å². The van der Waals surface area contributed by atoms with E-state index in [1.54, 1.807) is 0 Å². The molecule has 5 nitrogen and oxygen atoms in total. The minimum atomic E-state index is 0. The molecule has 1 aliphatic heterocycles. The first-order chi connectivity index (χ1) is 8.33. The van der Waals surface area contributed by atoms with E-state index < -0.39 is 0 Å². The molecule has 1 aromatic carbocycles. The van der Waals surface area contributed by atoms with E-state index in [-0.39, 0.29) is 18.5 Å². The lowest BCUT2D eigenvalue weighted by Gasteiger charge is -2.13. The molecule has 1 aromatic heterocycles. The molecule has 2 aromatic rings. The summed E-state index contributed by atoms with van der Waals surface area (Å²) < 4.78 is 5.75. The molecular formula is C12H15ClN4O. The second-order valence-electron chi connectivity index (χ2n) is 4.14. The van der Waals surface area contributed by atoms with Crippen LogP contribution in [0.2, 0.25) is 0 Å². The smallest absolute Gasteiger partial charge is 0.258 e. The van der Waals surface area contributed by atoms with Crippen LogP contribution < -0.4 is 15.8 Å². The summed E-state index contributed by atoms with van der Waals surface area (Å²) in [6, 6.07) is 7.63. The van der Waals surface area contributed by atoms with E-state index >= 15 is 0 Å². The number of rotatable bonds is 2. The molecule has 1 fully saturated rings. The molecule has 1 saturated heterocycles. The predicted molar refractivity (Wildman–Crippen MR) is 73.1 cm³/mol. The van der Waals surface area contributed by atoms with Gasteiger partial charge in [-0.2, -0.15) is 0 Å². The van der Waals surface area contributed by atoms with Crippen LogP contribution in [0.5, 0.6) is 5.88 Å². The lowest BCUT2D eigenvalue weighted by molar-refractivity contribution is 0.215. The summed E-state index contributed by atoms with van der Waals surface area (Å²) in [7, 11) is 0. The third-order valence-corrected chi connectivity index (χ3v) is 2.86. The molecule has 0 saturated carbocycles. The van der Waals surface area contributed by atoms with Crippen LogP contribution in [0.25, 0.3) is 11.0 Å². The molecular weight excluding hydrogens is 252 g/mol. The van der Waals surface area contributed by atoms with Gasteiger partial charge in [0.15, 0.2) is 5.82 Å². The van der Waals surface area contributed by atoms with Crippen molar-refractivity contribution in [1.82, 2.24) is 15.3 Å². The number of hydrogen-bond acceptors (Lipinski definition) is 5. The van der Waals surface area contributed by atoms with Gasteiger partial charge in [-0.25, -0.2) is 9.97 Å². The first kappa shape index (κ1) is 12.9. The zero-order valence-corrected chi connectivity index (χ0v) is 10.6. The summed E-state index contributed by atoms with van der Waals surface area (Å²) >= 11 is 0. The fourth-order valence-electron chi connectivity index (χ4n) is 1.97. The summed E-state index contributed by atoms with van der Waals surface area (Å²) in [4.78, 5) is 8.69. The quantitative estimate of drug-likeness (QED) is 0.859. The molecule has 3 N–H and O–H groups in total. The number of nitrogens with two attached hydrogens (primary N) is 1. The first-order valence-electron chi connectivity index (χ1n) is 5.72. The molecule has 1 unspecified atom stereocenters. The Morgan fingerprint density at radius 1 is 1.22 bits per heavy atom. The van der Waals surface area contributed by atoms with Crippen LogP contribution in [0, 0.1) is 0 Å². The molecule has 18 heavy (non-hydrogen) atoms. The van der Waals surface area contributed by atoms with Crippen molar-refractivity contribution < 1.29 is 4.74 Å². The number of nitrogens with one attached hydrogen (secondary N) is 1. The Balaban J connectivity index is 0.00000120. The van der Waals surface area contributed by atoms with Gasteiger partial charge in [0.2, 0.25) is 0 Å². The Labute approximate surface area is 111 Å². The SMILES string of the molecule is Cl.Nc1nc2ccccc2nc1OC1CCNC1. The Morgan fingerprint density at radius 2 is 1.94 bits per heavy atom. The van der Waals surface area contributed by atoms with Crippen LogP contribution in [0.15, 0.2) is 24.3 Å². The van der Waals surface area contributed by atoms with Crippen molar-refractivity contribution in [1.29, 1.82) is 0 Å². The Morgan fingerprint density at radius 3 is 2.61 bits per heavy atom. The van der Waals surface area contributed by atoms with Crippen molar-refractivity contribution in [3.63, 3.8) is 0 Å². The molecule has 0 radical (unpaired) electrons. The van der Waals surface area contributed by atoms with E-state index in [1.807, 2.05) is 24.3 Å². The van der Waals surface area contributed by atoms with Gasteiger partial charge in [0, 0.05) is 6.54 Å². The monoisotopic (exact) mass is 266 g/mol. The zero-order chi connectivity index (χ0) is 11.7. The fourth-order valence-corrected chi connectivity index (χ4v) is 1.97. The highest BCUT2D eigenvalue weighted by Crippen LogP contribution is 2.22. The van der Waals surface area contributed by atoms with Gasteiger partial charge in [-0.15, -0.1) is 12.4 Å². The molecule has 6 heteroatoms. The second kappa shape index (κ2) is 5.37. The zero-order valence-electron chi connectivity index (χ0n) is 9.80. The highest BCUT2D eigenvalue weighted by molar-refractivity contribution is 5.85. The van der Waals surface area contributed by atoms with Gasteiger partial charge in [-0.1, -0.05) is 12.1 Å². The Hall–Kier alpha value is -1.59. The summed E-state index contributed by atoms with van der Waals surface area (Å²) in [6.07, 6.45) is 1.13. The van der Waals surface area contributed by atoms with Crippen LogP contribution in [0.4, 0.5) is 5.82 Å². The van der Waals surface area contributed by atoms with E-state index in [2.05, 4.69) is 15.3 Å². The molecule has 3 rings (SSSR count). The average Bonchev–Trinajstić information content (AvgIpc) is 2.83. The van der Waals surface area contributed by atoms with E-state index in [0.29, 0.717) is 11.7 Å². The number of para-hydroxylation sites is 2. The van der Waals surface area contributed by atoms with Gasteiger partial charge in [-0.05, 0) is 25.1 Å². The summed E-state index contributed by atoms with van der Waals surface area (Å²) in [5, 5.41) is 3.24. The van der Waals surface area contributed by atoms with Crippen LogP contribution in [0.3, 0.4) is 0 Å². The fraction of sp³-hybridized carbons (Fsp3) is 0.333. The van der Waals surface area contributed by atoms with E-state index in [1.165, 1.54) is 0 Å². The van der Waals surface area contributed by atoms with Gasteiger partial charge < -0.3 is 15.8 Å². The summed E-state index contributed by atoms with van der Waals surface area (Å²) in [5.41, 5.74) is 7.45. The average molecular weight is 267 g/mol. The highest BCUT2D eigenvalue weighted by atomic mass is 35.5. The number of halogens is 1. The minimum Gasteiger partial charge on any atom is -0.470 e. The van der Waals surface area contributed by atoms with Crippen LogP contribution in [0.1, 0.15) is 6.42 Å². The normalized spacial score (nSPS) is 18.6. The van der Waals surface area contributed by atoms with Crippen LogP contribution in [-0.4, -0.2) is 29.2 Å². The maximum atomic E-state index is 5.85. The van der Waals surface area contributed by atoms with E-state index in [4.69, 9.17) is 10.5 Å². The van der Waals surface area contributed by atoms with Crippen molar-refractivity contribution >= 4 is 29.3 Å². The number of ether oxygens (including phenoxy) is 1. The lowest BCUT2D eigenvalue weighted by atomic mass is 10.3. The van der Waals surface area contributed by atoms with Gasteiger partial charge in [0.05, 0.1) is 11.0 Å². The van der Waals surface area contributed by atoms with Crippen molar-refractivity contribution in [3.8, 4) is 5.88 Å². The first-order valence-corrected chi connectivity index (χ1v) is 5.72. The van der Waals surface area contributed by atoms with Crippen molar-refractivity contribution in [2.24, 2.45) is 0 Å². The highest BCUT2D eigenvalue weighted by Gasteiger charge is 2.18. The van der Waals surface area contributed by atoms with Crippen molar-refractivity contribution in [3.05, 3.63) is 24.3 Å². The molecule has 96 valence electrons. The maximum absolute atomic E-state index is 5.85. The standard InChI is InChI=1S/C12H14N4O.ClH/c13-11-12(17-8-5-6-14-7-8)16-10-4-2-1-3-9(10)15-11;/h1-4,8,14H,5-7H2,(H2,13,15);1H. The number of nitrogens with zero attached hydrogens (tertiary/aromatic N) is 2. The van der Waals surface area contributed by atoms with Gasteiger partial charge in [0.1, 0.15) is 6.10 Å². The van der Waals surface area contributed by atoms with Gasteiger partial charge >= 0.3 is 0 Å². The largest absolute Gasteiger partial charge is 0.470 e. The molecule has 2 heterocycles. The van der Waals surface area contributed by atoms with Crippen molar-refractivity contribution in [2.75, 3.05) is 18.8 Å². The molecule has 0 spiro atoms. The van der Waals surface area contributed by atoms with Crippen LogP contribution in [-0.2, 0) is 0 Å². The lowest BCUT2D eigenvalue weighted by Crippen LogP contribution is -2.21. The molecule has 1 atom stereocenters. The molecule has 0 amide bonds. The van der Waals surface area contributed by atoms with E-state index in [0.717, 1.165) is 30.5 Å². The van der Waals surface area contributed by atoms with E-state index in [9.17, 15) is 0 Å². The summed E-state index contributed by atoms with van der Waals surface area (Å²) in [6.45, 7) is 1.82. The van der Waals surface area contributed by atoms with Crippen LogP contribution >= 0.6 is 12.4 Å². The number of anilines is 1. The third kappa shape index (κ3) is 2.47. The summed E-state index contributed by atoms with van der Waals surface area (Å²) in [5.74, 6) is 0.799.